The lowest BCUT2D eigenvalue weighted by molar-refractivity contribution is 0.340. The fourth-order valence-electron chi connectivity index (χ4n) is 3.96. The van der Waals surface area contributed by atoms with Crippen molar-refractivity contribution >= 4 is 0 Å². The lowest BCUT2D eigenvalue weighted by atomic mass is 9.82. The summed E-state index contributed by atoms with van der Waals surface area (Å²) in [5.41, 5.74) is 9.12. The molecule has 9 nitrogen and oxygen atoms in total. The summed E-state index contributed by atoms with van der Waals surface area (Å²) < 4.78 is 28.0. The molecule has 0 fully saturated rings. The van der Waals surface area contributed by atoms with Crippen LogP contribution in [0, 0.1) is 11.3 Å². The fraction of sp³-hybridized carbons (Fsp3) is 0.250. The van der Waals surface area contributed by atoms with Crippen LogP contribution in [0.3, 0.4) is 0 Å². The van der Waals surface area contributed by atoms with Gasteiger partial charge in [0.15, 0.2) is 0 Å². The van der Waals surface area contributed by atoms with E-state index < -0.39 is 5.92 Å². The van der Waals surface area contributed by atoms with Gasteiger partial charge in [0.25, 0.3) is 0 Å². The number of methoxy groups -OCH3 is 3. The van der Waals surface area contributed by atoms with Crippen molar-refractivity contribution in [1.29, 1.82) is 5.26 Å². The molecule has 33 heavy (non-hydrogen) atoms. The van der Waals surface area contributed by atoms with Gasteiger partial charge in [0, 0.05) is 23.3 Å². The Hall–Kier alpha value is -4.32. The predicted molar refractivity (Wildman–Crippen MR) is 121 cm³/mol. The van der Waals surface area contributed by atoms with E-state index in [9.17, 15) is 5.26 Å². The van der Waals surface area contributed by atoms with Crippen LogP contribution in [0.15, 0.2) is 47.9 Å². The second-order valence-electron chi connectivity index (χ2n) is 7.15. The summed E-state index contributed by atoms with van der Waals surface area (Å²) in [4.78, 5) is 0. The molecule has 0 saturated carbocycles. The van der Waals surface area contributed by atoms with Crippen LogP contribution < -0.4 is 29.4 Å². The van der Waals surface area contributed by atoms with Crippen LogP contribution in [-0.2, 0) is 0 Å². The number of H-pyrrole nitrogens is 1. The minimum Gasteiger partial charge on any atom is -0.496 e. The number of fused-ring (bicyclic) bond motifs is 1. The van der Waals surface area contributed by atoms with Crippen molar-refractivity contribution in [3.63, 3.8) is 0 Å². The van der Waals surface area contributed by atoms with Gasteiger partial charge in [-0.2, -0.15) is 5.26 Å². The highest BCUT2D eigenvalue weighted by Gasteiger charge is 2.39. The van der Waals surface area contributed by atoms with Gasteiger partial charge in [-0.3, -0.25) is 5.10 Å². The molecule has 1 aliphatic rings. The Labute approximate surface area is 191 Å². The first-order valence-corrected chi connectivity index (χ1v) is 10.2. The number of nitrogens with one attached hydrogen (secondary N) is 1. The Balaban J connectivity index is 1.96. The van der Waals surface area contributed by atoms with Crippen LogP contribution in [0.2, 0.25) is 0 Å². The largest absolute Gasteiger partial charge is 0.496 e. The van der Waals surface area contributed by atoms with E-state index in [1.807, 2.05) is 31.2 Å². The van der Waals surface area contributed by atoms with Crippen LogP contribution in [0.25, 0.3) is 11.3 Å². The van der Waals surface area contributed by atoms with Gasteiger partial charge in [-0.05, 0) is 31.2 Å². The zero-order valence-corrected chi connectivity index (χ0v) is 18.8. The SMILES string of the molecule is CCOc1ccc(-c2[nH]nc3c2[C@H](c2c(OC)cc(OC)cc2OC)C(C#N)=C(N)O3)cc1. The third-order valence-corrected chi connectivity index (χ3v) is 5.43. The Morgan fingerprint density at radius 2 is 1.70 bits per heavy atom. The van der Waals surface area contributed by atoms with E-state index in [1.54, 1.807) is 33.5 Å². The van der Waals surface area contributed by atoms with E-state index >= 15 is 0 Å². The average Bonchev–Trinajstić information content (AvgIpc) is 3.26. The van der Waals surface area contributed by atoms with Gasteiger partial charge < -0.3 is 29.4 Å². The van der Waals surface area contributed by atoms with Crippen LogP contribution in [0.5, 0.6) is 28.9 Å². The highest BCUT2D eigenvalue weighted by Crippen LogP contribution is 2.51. The number of allylic oxidation sites excluding steroid dienone is 1. The molecule has 170 valence electrons. The summed E-state index contributed by atoms with van der Waals surface area (Å²) in [6.07, 6.45) is 0. The Kier molecular flexibility index (Phi) is 6.00. The number of aromatic amines is 1. The monoisotopic (exact) mass is 448 g/mol. The molecule has 0 amide bonds. The quantitative estimate of drug-likeness (QED) is 0.560. The van der Waals surface area contributed by atoms with Crippen molar-refractivity contribution in [2.45, 2.75) is 12.8 Å². The third kappa shape index (κ3) is 3.76. The molecule has 0 unspecified atom stereocenters. The van der Waals surface area contributed by atoms with Crippen molar-refractivity contribution in [1.82, 2.24) is 10.2 Å². The van der Waals surface area contributed by atoms with Gasteiger partial charge in [-0.15, -0.1) is 5.10 Å². The number of aromatic nitrogens is 2. The minimum atomic E-state index is -0.658. The smallest absolute Gasteiger partial charge is 0.244 e. The number of hydrogen-bond donors (Lipinski definition) is 2. The lowest BCUT2D eigenvalue weighted by Gasteiger charge is -2.27. The van der Waals surface area contributed by atoms with E-state index in [-0.39, 0.29) is 17.3 Å². The molecule has 4 rings (SSSR count). The molecular formula is C24H24N4O5. The topological polar surface area (TPSA) is 125 Å². The maximum atomic E-state index is 10.0. The third-order valence-electron chi connectivity index (χ3n) is 5.43. The average molecular weight is 448 g/mol. The molecule has 0 bridgehead atoms. The molecule has 0 spiro atoms. The first kappa shape index (κ1) is 21.9. The van der Waals surface area contributed by atoms with E-state index in [4.69, 9.17) is 29.4 Å². The highest BCUT2D eigenvalue weighted by molar-refractivity contribution is 5.73. The second kappa shape index (κ2) is 9.04. The van der Waals surface area contributed by atoms with E-state index in [0.29, 0.717) is 40.7 Å². The number of ether oxygens (including phenoxy) is 5. The first-order chi connectivity index (χ1) is 16.1. The number of nitrogens with zero attached hydrogens (tertiary/aromatic N) is 2. The van der Waals surface area contributed by atoms with Gasteiger partial charge in [0.1, 0.15) is 34.6 Å². The molecule has 3 aromatic rings. The molecule has 9 heteroatoms. The Morgan fingerprint density at radius 3 is 2.24 bits per heavy atom. The van der Waals surface area contributed by atoms with Crippen LogP contribution in [0.4, 0.5) is 0 Å². The standard InChI is InChI=1S/C24H24N4O5/c1-5-32-14-8-6-13(7-9-14)22-21-19(16(12-25)23(26)33-24(21)28-27-22)20-17(30-3)10-15(29-2)11-18(20)31-4/h6-11,19H,5,26H2,1-4H3,(H,27,28)/t19-/m0/s1. The normalized spacial score (nSPS) is 14.7. The number of benzene rings is 2. The molecule has 1 aromatic heterocycles. The number of nitriles is 1. The molecule has 1 aliphatic heterocycles. The highest BCUT2D eigenvalue weighted by atomic mass is 16.5. The molecular weight excluding hydrogens is 424 g/mol. The summed E-state index contributed by atoms with van der Waals surface area (Å²) in [5, 5.41) is 17.4. The lowest BCUT2D eigenvalue weighted by Crippen LogP contribution is -2.21. The van der Waals surface area contributed by atoms with Gasteiger partial charge in [-0.25, -0.2) is 0 Å². The van der Waals surface area contributed by atoms with Gasteiger partial charge >= 0.3 is 0 Å². The van der Waals surface area contributed by atoms with Gasteiger partial charge in [-0.1, -0.05) is 0 Å². The zero-order chi connectivity index (χ0) is 23.5. The molecule has 3 N–H and O–H groups in total. The maximum absolute atomic E-state index is 10.0. The molecule has 2 heterocycles. The minimum absolute atomic E-state index is 0.0281. The van der Waals surface area contributed by atoms with Crippen LogP contribution in [-0.4, -0.2) is 38.1 Å². The second-order valence-corrected chi connectivity index (χ2v) is 7.15. The molecule has 0 aliphatic carbocycles. The van der Waals surface area contributed by atoms with Crippen LogP contribution in [0.1, 0.15) is 24.0 Å². The van der Waals surface area contributed by atoms with Crippen molar-refractivity contribution in [3.05, 3.63) is 59.0 Å². The van der Waals surface area contributed by atoms with Crippen LogP contribution >= 0.6 is 0 Å². The fourth-order valence-corrected chi connectivity index (χ4v) is 3.96. The summed E-state index contributed by atoms with van der Waals surface area (Å²) in [6.45, 7) is 2.50. The molecule has 0 radical (unpaired) electrons. The Bertz CT molecular complexity index is 1220. The van der Waals surface area contributed by atoms with E-state index in [1.165, 1.54) is 0 Å². The Morgan fingerprint density at radius 1 is 1.03 bits per heavy atom. The summed E-state index contributed by atoms with van der Waals surface area (Å²) >= 11 is 0. The van der Waals surface area contributed by atoms with E-state index in [2.05, 4.69) is 16.3 Å². The van der Waals surface area contributed by atoms with Crippen molar-refractivity contribution in [2.75, 3.05) is 27.9 Å². The predicted octanol–water partition coefficient (Wildman–Crippen LogP) is 3.72. The van der Waals surface area contributed by atoms with E-state index in [0.717, 1.165) is 11.3 Å². The summed E-state index contributed by atoms with van der Waals surface area (Å²) in [5.74, 6) is 1.85. The van der Waals surface area contributed by atoms with Gasteiger partial charge in [0.2, 0.25) is 11.8 Å². The van der Waals surface area contributed by atoms with Gasteiger partial charge in [0.05, 0.1) is 45.1 Å². The first-order valence-electron chi connectivity index (χ1n) is 10.2. The number of rotatable bonds is 7. The molecule has 0 saturated heterocycles. The summed E-state index contributed by atoms with van der Waals surface area (Å²) in [6, 6.07) is 13.2. The van der Waals surface area contributed by atoms with Crippen molar-refractivity contribution in [3.8, 4) is 46.2 Å². The number of nitrogens with two attached hydrogens (primary N) is 1. The zero-order valence-electron chi connectivity index (χ0n) is 18.8. The van der Waals surface area contributed by atoms with Crippen molar-refractivity contribution in [2.24, 2.45) is 5.73 Å². The molecule has 2 aromatic carbocycles. The number of hydrogen-bond acceptors (Lipinski definition) is 8. The van der Waals surface area contributed by atoms with Crippen molar-refractivity contribution < 1.29 is 23.7 Å². The molecule has 1 atom stereocenters. The summed E-state index contributed by atoms with van der Waals surface area (Å²) in [7, 11) is 4.64. The maximum Gasteiger partial charge on any atom is 0.244 e.